The van der Waals surface area contributed by atoms with Crippen molar-refractivity contribution in [2.24, 2.45) is 0 Å². The summed E-state index contributed by atoms with van der Waals surface area (Å²) in [4.78, 5) is 9.84. The Kier molecular flexibility index (Phi) is 6.18. The second-order valence-corrected chi connectivity index (χ2v) is 2.09. The zero-order chi connectivity index (χ0) is 7.82. The minimum absolute atomic E-state index is 0.00368. The van der Waals surface area contributed by atoms with Crippen molar-refractivity contribution in [1.82, 2.24) is 0 Å². The first-order valence-corrected chi connectivity index (χ1v) is 3.55. The largest absolute Gasteiger partial charge is 0.381 e. The van der Waals surface area contributed by atoms with Crippen LogP contribution in [0.1, 0.15) is 26.2 Å². The highest BCUT2D eigenvalue weighted by Crippen LogP contribution is 1.89. The van der Waals surface area contributed by atoms with E-state index in [0.717, 1.165) is 12.8 Å². The van der Waals surface area contributed by atoms with E-state index in [2.05, 4.69) is 6.92 Å². The Morgan fingerprint density at radius 1 is 1.40 bits per heavy atom. The first-order valence-electron chi connectivity index (χ1n) is 3.55. The van der Waals surface area contributed by atoms with Gasteiger partial charge in [0.1, 0.15) is 0 Å². The van der Waals surface area contributed by atoms with Gasteiger partial charge in [0.2, 0.25) is 0 Å². The van der Waals surface area contributed by atoms with Crippen molar-refractivity contribution in [3.05, 3.63) is 0 Å². The lowest BCUT2D eigenvalue weighted by Gasteiger charge is -1.97. The highest BCUT2D eigenvalue weighted by atomic mass is 16.5. The van der Waals surface area contributed by atoms with Crippen molar-refractivity contribution in [2.75, 3.05) is 13.2 Å². The van der Waals surface area contributed by atoms with Crippen LogP contribution in [0.4, 0.5) is 0 Å². The summed E-state index contributed by atoms with van der Waals surface area (Å²) in [5, 5.41) is 9.84. The molecule has 10 heavy (non-hydrogen) atoms. The molecule has 0 aromatic heterocycles. The molecule has 3 nitrogen and oxygen atoms in total. The highest BCUT2D eigenvalue weighted by Gasteiger charge is 1.97. The lowest BCUT2D eigenvalue weighted by atomic mass is 10.4. The molecule has 0 fully saturated rings. The quantitative estimate of drug-likeness (QED) is 0.526. The zero-order valence-corrected chi connectivity index (χ0v) is 6.26. The van der Waals surface area contributed by atoms with Crippen LogP contribution in [0.25, 0.3) is 0 Å². The number of unbranched alkanes of at least 4 members (excludes halogenated alkanes) is 1. The Balaban J connectivity index is 2.84. The maximum absolute atomic E-state index is 9.84. The van der Waals surface area contributed by atoms with Crippen LogP contribution in [-0.2, 0) is 14.6 Å². The predicted octanol–water partition coefficient (Wildman–Crippen LogP) is 1.15. The van der Waals surface area contributed by atoms with Gasteiger partial charge in [0, 0.05) is 6.61 Å². The number of carbonyl (C=O) groups excluding carboxylic acids is 1. The van der Waals surface area contributed by atoms with E-state index in [9.17, 15) is 9.90 Å². The molecular weight excluding hydrogens is 132 g/mol. The van der Waals surface area contributed by atoms with Gasteiger partial charge in [-0.1, -0.05) is 13.3 Å². The van der Waals surface area contributed by atoms with Crippen LogP contribution < -0.4 is 0 Å². The summed E-state index contributed by atoms with van der Waals surface area (Å²) in [7, 11) is 0. The van der Waals surface area contributed by atoms with E-state index in [1.54, 1.807) is 0 Å². The van der Waals surface area contributed by atoms with Crippen molar-refractivity contribution in [3.8, 4) is 0 Å². The van der Waals surface area contributed by atoms with Crippen molar-refractivity contribution in [3.63, 3.8) is 0 Å². The van der Waals surface area contributed by atoms with Gasteiger partial charge in [-0.3, -0.25) is 0 Å². The maximum Gasteiger partial charge on any atom is 0.357 e. The Morgan fingerprint density at radius 2 is 2.10 bits per heavy atom. The Labute approximate surface area is 61.0 Å². The van der Waals surface area contributed by atoms with E-state index >= 15 is 0 Å². The van der Waals surface area contributed by atoms with E-state index in [0.29, 0.717) is 6.61 Å². The lowest BCUT2D eigenvalue weighted by Crippen LogP contribution is -2.02. The minimum atomic E-state index is -1.04. The van der Waals surface area contributed by atoms with Crippen LogP contribution in [0.3, 0.4) is 0 Å². The Morgan fingerprint density at radius 3 is 2.60 bits per heavy atom. The molecule has 1 radical (unpaired) electrons. The first-order chi connectivity index (χ1) is 4.77. The smallest absolute Gasteiger partial charge is 0.357 e. The van der Waals surface area contributed by atoms with Crippen LogP contribution >= 0.6 is 0 Å². The van der Waals surface area contributed by atoms with Gasteiger partial charge < -0.3 is 4.74 Å². The summed E-state index contributed by atoms with van der Waals surface area (Å²) in [5.41, 5.74) is 0. The molecule has 0 saturated heterocycles. The average molecular weight is 145 g/mol. The molecule has 0 atom stereocenters. The van der Waals surface area contributed by atoms with Crippen LogP contribution in [-0.4, -0.2) is 19.2 Å². The van der Waals surface area contributed by atoms with E-state index in [1.807, 2.05) is 0 Å². The zero-order valence-electron chi connectivity index (χ0n) is 6.26. The fourth-order valence-electron chi connectivity index (χ4n) is 0.504. The van der Waals surface area contributed by atoms with Gasteiger partial charge in [0.05, 0.1) is 13.0 Å². The minimum Gasteiger partial charge on any atom is -0.381 e. The number of rotatable bonds is 6. The normalized spacial score (nSPS) is 9.70. The van der Waals surface area contributed by atoms with Crippen LogP contribution in [0, 0.1) is 0 Å². The van der Waals surface area contributed by atoms with Crippen LogP contribution in [0.5, 0.6) is 0 Å². The second kappa shape index (κ2) is 6.55. The van der Waals surface area contributed by atoms with Gasteiger partial charge >= 0.3 is 5.97 Å². The third-order valence-corrected chi connectivity index (χ3v) is 1.09. The average Bonchev–Trinajstić information content (AvgIpc) is 1.87. The SMILES string of the molecule is CCCCOCCC([O])=O. The summed E-state index contributed by atoms with van der Waals surface area (Å²) in [6.45, 7) is 2.99. The molecule has 0 spiro atoms. The highest BCUT2D eigenvalue weighted by molar-refractivity contribution is 5.66. The molecule has 0 N–H and O–H groups in total. The van der Waals surface area contributed by atoms with Gasteiger partial charge in [0.15, 0.2) is 0 Å². The van der Waals surface area contributed by atoms with Crippen molar-refractivity contribution >= 4 is 5.97 Å². The molecule has 0 aromatic carbocycles. The molecule has 59 valence electrons. The molecule has 0 amide bonds. The molecule has 0 aliphatic rings. The molecule has 0 heterocycles. The Hall–Kier alpha value is -0.570. The van der Waals surface area contributed by atoms with Gasteiger partial charge in [-0.05, 0) is 6.42 Å². The van der Waals surface area contributed by atoms with Crippen LogP contribution in [0.15, 0.2) is 0 Å². The second-order valence-electron chi connectivity index (χ2n) is 2.09. The molecule has 0 unspecified atom stereocenters. The molecule has 0 aliphatic heterocycles. The monoisotopic (exact) mass is 145 g/mol. The van der Waals surface area contributed by atoms with E-state index in [4.69, 9.17) is 4.74 Å². The third kappa shape index (κ3) is 7.43. The topological polar surface area (TPSA) is 46.2 Å². The molecule has 3 heteroatoms. The predicted molar refractivity (Wildman–Crippen MR) is 36.0 cm³/mol. The van der Waals surface area contributed by atoms with Gasteiger partial charge in [-0.15, -0.1) is 0 Å². The van der Waals surface area contributed by atoms with Gasteiger partial charge in [-0.25, -0.2) is 9.90 Å². The lowest BCUT2D eigenvalue weighted by molar-refractivity contribution is -0.144. The van der Waals surface area contributed by atoms with Gasteiger partial charge in [-0.2, -0.15) is 0 Å². The molecule has 0 aromatic rings. The molecule has 0 rings (SSSR count). The summed E-state index contributed by atoms with van der Waals surface area (Å²) >= 11 is 0. The summed E-state index contributed by atoms with van der Waals surface area (Å²) < 4.78 is 4.96. The van der Waals surface area contributed by atoms with Crippen LogP contribution in [0.2, 0.25) is 0 Å². The Bertz CT molecular complexity index is 90.9. The molecule has 0 saturated carbocycles. The summed E-state index contributed by atoms with van der Waals surface area (Å²) in [5.74, 6) is -1.04. The fraction of sp³-hybridized carbons (Fsp3) is 0.857. The number of carbonyl (C=O) groups is 1. The summed E-state index contributed by atoms with van der Waals surface area (Å²) in [6.07, 6.45) is 2.07. The number of ether oxygens (including phenoxy) is 1. The molecular formula is C7H13O3. The van der Waals surface area contributed by atoms with E-state index in [1.165, 1.54) is 0 Å². The molecule has 0 bridgehead atoms. The number of hydrogen-bond acceptors (Lipinski definition) is 2. The molecule has 0 aliphatic carbocycles. The van der Waals surface area contributed by atoms with Gasteiger partial charge in [0.25, 0.3) is 0 Å². The third-order valence-electron chi connectivity index (χ3n) is 1.09. The van der Waals surface area contributed by atoms with Crippen molar-refractivity contribution < 1.29 is 14.6 Å². The number of hydrogen-bond donors (Lipinski definition) is 0. The fourth-order valence-corrected chi connectivity index (χ4v) is 0.504. The first kappa shape index (κ1) is 9.43. The standard InChI is InChI=1S/C7H13O3/c1-2-3-5-10-6-4-7(8)9/h2-6H2,1H3. The van der Waals surface area contributed by atoms with Crippen molar-refractivity contribution in [1.29, 1.82) is 0 Å². The summed E-state index contributed by atoms with van der Waals surface area (Å²) in [6, 6.07) is 0. The van der Waals surface area contributed by atoms with E-state index < -0.39 is 5.97 Å². The van der Waals surface area contributed by atoms with E-state index in [-0.39, 0.29) is 13.0 Å². The maximum atomic E-state index is 9.84. The van der Waals surface area contributed by atoms with Crippen molar-refractivity contribution in [2.45, 2.75) is 26.2 Å².